The van der Waals surface area contributed by atoms with Crippen LogP contribution in [0.15, 0.2) is 0 Å². The van der Waals surface area contributed by atoms with Crippen molar-refractivity contribution >= 4 is 0 Å². The van der Waals surface area contributed by atoms with Crippen molar-refractivity contribution in [1.29, 1.82) is 0 Å². The highest BCUT2D eigenvalue weighted by molar-refractivity contribution is 5.06. The molecule has 0 fully saturated rings. The number of aromatic nitrogens is 3. The van der Waals surface area contributed by atoms with Crippen LogP contribution in [0.2, 0.25) is 0 Å². The Bertz CT molecular complexity index is 437. The standard InChI is InChI=1S/C12H19F3N4/c1-3-7(4-2)10-17-11-9(16)5-8(12(13,14)15)6-19(11)18-10/h7-9H,3-6,16H2,1-2H3. The smallest absolute Gasteiger partial charge is 0.321 e. The topological polar surface area (TPSA) is 56.7 Å². The van der Waals surface area contributed by atoms with Crippen LogP contribution in [0.4, 0.5) is 13.2 Å². The normalized spacial score (nSPS) is 23.7. The third-order valence-corrected chi connectivity index (χ3v) is 3.79. The molecule has 108 valence electrons. The van der Waals surface area contributed by atoms with Crippen molar-refractivity contribution in [3.05, 3.63) is 11.6 Å². The molecule has 19 heavy (non-hydrogen) atoms. The van der Waals surface area contributed by atoms with Gasteiger partial charge in [0.1, 0.15) is 5.82 Å². The molecule has 2 N–H and O–H groups in total. The molecular formula is C12H19F3N4. The lowest BCUT2D eigenvalue weighted by Crippen LogP contribution is -2.37. The van der Waals surface area contributed by atoms with Gasteiger partial charge in [0, 0.05) is 5.92 Å². The second-order valence-corrected chi connectivity index (χ2v) is 5.10. The Labute approximate surface area is 110 Å². The summed E-state index contributed by atoms with van der Waals surface area (Å²) < 4.78 is 39.7. The fourth-order valence-electron chi connectivity index (χ4n) is 2.54. The average Bonchev–Trinajstić information content (AvgIpc) is 2.74. The summed E-state index contributed by atoms with van der Waals surface area (Å²) in [5.74, 6) is -0.124. The minimum absolute atomic E-state index is 0.107. The Hall–Kier alpha value is -1.11. The van der Waals surface area contributed by atoms with E-state index >= 15 is 0 Å². The average molecular weight is 276 g/mol. The zero-order chi connectivity index (χ0) is 14.2. The Morgan fingerprint density at radius 1 is 1.37 bits per heavy atom. The number of rotatable bonds is 3. The minimum atomic E-state index is -4.23. The van der Waals surface area contributed by atoms with Gasteiger partial charge in [0.05, 0.1) is 18.5 Å². The van der Waals surface area contributed by atoms with Gasteiger partial charge >= 0.3 is 6.18 Å². The molecule has 0 radical (unpaired) electrons. The fraction of sp³-hybridized carbons (Fsp3) is 0.833. The third kappa shape index (κ3) is 2.75. The van der Waals surface area contributed by atoms with E-state index < -0.39 is 18.1 Å². The Balaban J connectivity index is 2.28. The van der Waals surface area contributed by atoms with Gasteiger partial charge in [0.2, 0.25) is 0 Å². The van der Waals surface area contributed by atoms with E-state index in [1.807, 2.05) is 13.8 Å². The van der Waals surface area contributed by atoms with E-state index in [0.29, 0.717) is 11.6 Å². The molecule has 1 aliphatic heterocycles. The second kappa shape index (κ2) is 5.11. The number of nitrogens with zero attached hydrogens (tertiary/aromatic N) is 3. The van der Waals surface area contributed by atoms with Gasteiger partial charge in [0.15, 0.2) is 5.82 Å². The second-order valence-electron chi connectivity index (χ2n) is 5.10. The van der Waals surface area contributed by atoms with E-state index in [-0.39, 0.29) is 18.9 Å². The van der Waals surface area contributed by atoms with Crippen molar-refractivity contribution in [2.45, 2.75) is 57.8 Å². The van der Waals surface area contributed by atoms with Gasteiger partial charge in [-0.1, -0.05) is 13.8 Å². The van der Waals surface area contributed by atoms with Gasteiger partial charge in [-0.25, -0.2) is 9.67 Å². The SMILES string of the molecule is CCC(CC)c1nc2n(n1)CC(C(F)(F)F)CC2N. The van der Waals surface area contributed by atoms with E-state index in [2.05, 4.69) is 10.1 Å². The molecule has 0 spiro atoms. The molecule has 1 aromatic rings. The molecule has 0 aromatic carbocycles. The molecule has 1 aromatic heterocycles. The maximum Gasteiger partial charge on any atom is 0.393 e. The first kappa shape index (κ1) is 14.3. The molecule has 2 atom stereocenters. The van der Waals surface area contributed by atoms with Crippen LogP contribution in [-0.2, 0) is 6.54 Å². The molecule has 4 nitrogen and oxygen atoms in total. The fourth-order valence-corrected chi connectivity index (χ4v) is 2.54. The zero-order valence-electron chi connectivity index (χ0n) is 11.1. The van der Waals surface area contributed by atoms with Gasteiger partial charge in [-0.2, -0.15) is 18.3 Å². The highest BCUT2D eigenvalue weighted by Gasteiger charge is 2.44. The lowest BCUT2D eigenvalue weighted by Gasteiger charge is -2.28. The van der Waals surface area contributed by atoms with Gasteiger partial charge in [0.25, 0.3) is 0 Å². The minimum Gasteiger partial charge on any atom is -0.321 e. The predicted octanol–water partition coefficient (Wildman–Crippen LogP) is 2.76. The van der Waals surface area contributed by atoms with E-state index in [4.69, 9.17) is 5.73 Å². The van der Waals surface area contributed by atoms with Crippen molar-refractivity contribution in [1.82, 2.24) is 14.8 Å². The van der Waals surface area contributed by atoms with Crippen LogP contribution < -0.4 is 5.73 Å². The number of alkyl halides is 3. The molecule has 2 unspecified atom stereocenters. The molecule has 0 bridgehead atoms. The Morgan fingerprint density at radius 3 is 2.53 bits per heavy atom. The maximum atomic E-state index is 12.8. The van der Waals surface area contributed by atoms with E-state index in [9.17, 15) is 13.2 Å². The van der Waals surface area contributed by atoms with Crippen LogP contribution in [0.25, 0.3) is 0 Å². The molecule has 0 saturated carbocycles. The molecule has 0 saturated heterocycles. The highest BCUT2D eigenvalue weighted by Crippen LogP contribution is 2.37. The summed E-state index contributed by atoms with van der Waals surface area (Å²) in [7, 11) is 0. The van der Waals surface area contributed by atoms with Gasteiger partial charge < -0.3 is 5.73 Å². The summed E-state index contributed by atoms with van der Waals surface area (Å²) in [6.45, 7) is 3.87. The van der Waals surface area contributed by atoms with Crippen molar-refractivity contribution in [3.63, 3.8) is 0 Å². The molecular weight excluding hydrogens is 257 g/mol. The summed E-state index contributed by atoms with van der Waals surface area (Å²) in [4.78, 5) is 4.35. The number of halogens is 3. The van der Waals surface area contributed by atoms with Crippen LogP contribution in [0, 0.1) is 5.92 Å². The quantitative estimate of drug-likeness (QED) is 0.923. The van der Waals surface area contributed by atoms with Crippen LogP contribution >= 0.6 is 0 Å². The van der Waals surface area contributed by atoms with Crippen molar-refractivity contribution < 1.29 is 13.2 Å². The molecule has 2 heterocycles. The molecule has 2 rings (SSSR count). The van der Waals surface area contributed by atoms with Gasteiger partial charge in [-0.15, -0.1) is 0 Å². The first-order valence-corrected chi connectivity index (χ1v) is 6.63. The largest absolute Gasteiger partial charge is 0.393 e. The van der Waals surface area contributed by atoms with Crippen molar-refractivity contribution in [2.75, 3.05) is 0 Å². The van der Waals surface area contributed by atoms with Gasteiger partial charge in [-0.05, 0) is 19.3 Å². The molecule has 0 aliphatic carbocycles. The molecule has 0 amide bonds. The van der Waals surface area contributed by atoms with Gasteiger partial charge in [-0.3, -0.25) is 0 Å². The number of nitrogens with two attached hydrogens (primary N) is 1. The van der Waals surface area contributed by atoms with Crippen LogP contribution in [0.1, 0.15) is 56.7 Å². The third-order valence-electron chi connectivity index (χ3n) is 3.79. The highest BCUT2D eigenvalue weighted by atomic mass is 19.4. The Kier molecular flexibility index (Phi) is 3.85. The van der Waals surface area contributed by atoms with Crippen LogP contribution in [-0.4, -0.2) is 20.9 Å². The number of fused-ring (bicyclic) bond motifs is 1. The van der Waals surface area contributed by atoms with Crippen molar-refractivity contribution in [3.8, 4) is 0 Å². The lowest BCUT2D eigenvalue weighted by molar-refractivity contribution is -0.184. The van der Waals surface area contributed by atoms with Crippen molar-refractivity contribution in [2.24, 2.45) is 11.7 Å². The summed E-state index contributed by atoms with van der Waals surface area (Å²) in [5, 5.41) is 4.23. The monoisotopic (exact) mass is 276 g/mol. The van der Waals surface area contributed by atoms with E-state index in [0.717, 1.165) is 12.8 Å². The lowest BCUT2D eigenvalue weighted by atomic mass is 9.96. The first-order valence-electron chi connectivity index (χ1n) is 6.63. The first-order chi connectivity index (χ1) is 8.86. The van der Waals surface area contributed by atoms with E-state index in [1.54, 1.807) is 0 Å². The zero-order valence-corrected chi connectivity index (χ0v) is 11.1. The molecule has 7 heteroatoms. The molecule has 1 aliphatic rings. The van der Waals surface area contributed by atoms with Crippen LogP contribution in [0.3, 0.4) is 0 Å². The number of hydrogen-bond acceptors (Lipinski definition) is 3. The summed E-state index contributed by atoms with van der Waals surface area (Å²) in [6.07, 6.45) is -2.59. The predicted molar refractivity (Wildman–Crippen MR) is 64.4 cm³/mol. The summed E-state index contributed by atoms with van der Waals surface area (Å²) >= 11 is 0. The maximum absolute atomic E-state index is 12.8. The summed E-state index contributed by atoms with van der Waals surface area (Å²) in [5.41, 5.74) is 5.81. The Morgan fingerprint density at radius 2 is 2.00 bits per heavy atom. The van der Waals surface area contributed by atoms with Crippen LogP contribution in [0.5, 0.6) is 0 Å². The summed E-state index contributed by atoms with van der Waals surface area (Å²) in [6, 6.07) is -0.684. The number of hydrogen-bond donors (Lipinski definition) is 1. The van der Waals surface area contributed by atoms with E-state index in [1.165, 1.54) is 4.68 Å².